The number of nitrogens with zero attached hydrogens (tertiary/aromatic N) is 3. The van der Waals surface area contributed by atoms with Crippen molar-refractivity contribution < 1.29 is 23.4 Å². The van der Waals surface area contributed by atoms with E-state index in [1.807, 2.05) is 6.92 Å². The summed E-state index contributed by atoms with van der Waals surface area (Å²) in [5, 5.41) is 21.3. The van der Waals surface area contributed by atoms with Gasteiger partial charge in [0.05, 0.1) is 17.0 Å². The largest absolute Gasteiger partial charge is 0.507 e. The number of ether oxygens (including phenoxy) is 1. The van der Waals surface area contributed by atoms with E-state index in [-0.39, 0.29) is 22.9 Å². The lowest BCUT2D eigenvalue weighted by Gasteiger charge is -2.11. The maximum absolute atomic E-state index is 12.5. The molecule has 2 aromatic carbocycles. The van der Waals surface area contributed by atoms with Crippen molar-refractivity contribution in [1.29, 1.82) is 0 Å². The number of rotatable bonds is 8. The molecule has 0 unspecified atom stereocenters. The first-order valence-corrected chi connectivity index (χ1v) is 9.66. The van der Waals surface area contributed by atoms with Gasteiger partial charge in [-0.3, -0.25) is 4.79 Å². The predicted molar refractivity (Wildman–Crippen MR) is 105 cm³/mol. The molecule has 1 aromatic heterocycles. The molecule has 152 valence electrons. The fourth-order valence-electron chi connectivity index (χ4n) is 2.63. The molecule has 10 heteroatoms. The van der Waals surface area contributed by atoms with Crippen LogP contribution in [0.2, 0.25) is 0 Å². The number of carbonyl (C=O) groups is 1. The Bertz CT molecular complexity index is 997. The smallest absolute Gasteiger partial charge is 0.387 e. The Morgan fingerprint density at radius 2 is 1.93 bits per heavy atom. The number of phenols is 1. The second-order valence-corrected chi connectivity index (χ2v) is 6.72. The molecular formula is C19H18F2N4O3S. The molecule has 0 spiro atoms. The third-order valence-corrected chi connectivity index (χ3v) is 4.85. The van der Waals surface area contributed by atoms with Crippen molar-refractivity contribution in [2.45, 2.75) is 25.2 Å². The number of nitrogens with one attached hydrogen (secondary N) is 1. The summed E-state index contributed by atoms with van der Waals surface area (Å²) < 4.78 is 31.2. The SMILES string of the molecule is CCn1c(SCC(=O)Nc2ccccc2OC(F)F)nnc1-c1ccccc1O. The highest BCUT2D eigenvalue weighted by Crippen LogP contribution is 2.30. The van der Waals surface area contributed by atoms with Crippen LogP contribution in [0.15, 0.2) is 53.7 Å². The first kappa shape index (κ1) is 20.6. The number of alkyl halides is 2. The molecule has 0 radical (unpaired) electrons. The van der Waals surface area contributed by atoms with Crippen LogP contribution >= 0.6 is 11.8 Å². The maximum atomic E-state index is 12.5. The molecule has 0 atom stereocenters. The lowest BCUT2D eigenvalue weighted by atomic mass is 10.2. The Kier molecular flexibility index (Phi) is 6.65. The first-order chi connectivity index (χ1) is 14.0. The van der Waals surface area contributed by atoms with Crippen molar-refractivity contribution in [2.24, 2.45) is 0 Å². The van der Waals surface area contributed by atoms with Gasteiger partial charge in [-0.15, -0.1) is 10.2 Å². The van der Waals surface area contributed by atoms with Gasteiger partial charge in [0, 0.05) is 6.54 Å². The number of benzene rings is 2. The van der Waals surface area contributed by atoms with Crippen LogP contribution in [0.5, 0.6) is 11.5 Å². The average molecular weight is 420 g/mol. The lowest BCUT2D eigenvalue weighted by Crippen LogP contribution is -2.16. The van der Waals surface area contributed by atoms with Gasteiger partial charge in [-0.25, -0.2) is 0 Å². The van der Waals surface area contributed by atoms with Crippen molar-refractivity contribution >= 4 is 23.4 Å². The Morgan fingerprint density at radius 3 is 2.66 bits per heavy atom. The van der Waals surface area contributed by atoms with Gasteiger partial charge in [-0.1, -0.05) is 36.0 Å². The molecule has 3 rings (SSSR count). The second-order valence-electron chi connectivity index (χ2n) is 5.78. The van der Waals surface area contributed by atoms with Crippen LogP contribution in [0.25, 0.3) is 11.4 Å². The molecule has 0 aliphatic rings. The standard InChI is InChI=1S/C19H18F2N4O3S/c1-2-25-17(12-7-3-5-9-14(12)26)23-24-19(25)29-11-16(27)22-13-8-4-6-10-15(13)28-18(20)21/h3-10,18,26H,2,11H2,1H3,(H,22,27). The summed E-state index contributed by atoms with van der Waals surface area (Å²) in [7, 11) is 0. The Morgan fingerprint density at radius 1 is 1.21 bits per heavy atom. The number of aromatic nitrogens is 3. The molecule has 0 saturated carbocycles. The lowest BCUT2D eigenvalue weighted by molar-refractivity contribution is -0.113. The number of phenolic OH excluding ortho intramolecular Hbond substituents is 1. The maximum Gasteiger partial charge on any atom is 0.387 e. The van der Waals surface area contributed by atoms with Gasteiger partial charge < -0.3 is 19.7 Å². The number of hydrogen-bond acceptors (Lipinski definition) is 6. The van der Waals surface area contributed by atoms with Crippen molar-refractivity contribution in [3.8, 4) is 22.9 Å². The number of hydrogen-bond donors (Lipinski definition) is 2. The molecule has 0 aliphatic heterocycles. The summed E-state index contributed by atoms with van der Waals surface area (Å²) in [6.07, 6.45) is 0. The molecule has 0 bridgehead atoms. The normalized spacial score (nSPS) is 10.9. The number of thioether (sulfide) groups is 1. The molecule has 0 aliphatic carbocycles. The highest BCUT2D eigenvalue weighted by atomic mass is 32.2. The number of aromatic hydroxyl groups is 1. The Hall–Kier alpha value is -3.14. The molecule has 0 fully saturated rings. The molecular weight excluding hydrogens is 402 g/mol. The number of para-hydroxylation sites is 3. The van der Waals surface area contributed by atoms with E-state index in [0.717, 1.165) is 11.8 Å². The van der Waals surface area contributed by atoms with E-state index in [9.17, 15) is 18.7 Å². The molecule has 1 amide bonds. The van der Waals surface area contributed by atoms with Gasteiger partial charge in [-0.2, -0.15) is 8.78 Å². The second kappa shape index (κ2) is 9.37. The summed E-state index contributed by atoms with van der Waals surface area (Å²) in [5.41, 5.74) is 0.696. The van der Waals surface area contributed by atoms with Crippen molar-refractivity contribution in [3.63, 3.8) is 0 Å². The quantitative estimate of drug-likeness (QED) is 0.536. The van der Waals surface area contributed by atoms with Gasteiger partial charge in [-0.05, 0) is 31.2 Å². The first-order valence-electron chi connectivity index (χ1n) is 8.67. The zero-order valence-corrected chi connectivity index (χ0v) is 16.2. The number of carbonyl (C=O) groups excluding carboxylic acids is 1. The monoisotopic (exact) mass is 420 g/mol. The van der Waals surface area contributed by atoms with Gasteiger partial charge in [0.2, 0.25) is 5.91 Å². The summed E-state index contributed by atoms with van der Waals surface area (Å²) in [6.45, 7) is -0.556. The minimum Gasteiger partial charge on any atom is -0.507 e. The van der Waals surface area contributed by atoms with E-state index >= 15 is 0 Å². The zero-order chi connectivity index (χ0) is 20.8. The van der Waals surface area contributed by atoms with Crippen LogP contribution in [-0.4, -0.2) is 38.1 Å². The molecule has 2 N–H and O–H groups in total. The molecule has 7 nitrogen and oxygen atoms in total. The van der Waals surface area contributed by atoms with Gasteiger partial charge >= 0.3 is 6.61 Å². The average Bonchev–Trinajstić information content (AvgIpc) is 3.10. The minimum atomic E-state index is -2.99. The Labute approximate surface area is 169 Å². The van der Waals surface area contributed by atoms with Crippen molar-refractivity contribution in [2.75, 3.05) is 11.1 Å². The number of amides is 1. The van der Waals surface area contributed by atoms with E-state index in [1.165, 1.54) is 18.2 Å². The van der Waals surface area contributed by atoms with Gasteiger partial charge in [0.25, 0.3) is 0 Å². The molecule has 29 heavy (non-hydrogen) atoms. The van der Waals surface area contributed by atoms with E-state index in [2.05, 4.69) is 20.3 Å². The highest BCUT2D eigenvalue weighted by molar-refractivity contribution is 7.99. The van der Waals surface area contributed by atoms with Crippen LogP contribution in [-0.2, 0) is 11.3 Å². The van der Waals surface area contributed by atoms with Crippen LogP contribution in [0.1, 0.15) is 6.92 Å². The summed E-state index contributed by atoms with van der Waals surface area (Å²) in [5.74, 6) is 0.0419. The summed E-state index contributed by atoms with van der Waals surface area (Å²) >= 11 is 1.15. The Balaban J connectivity index is 1.70. The zero-order valence-electron chi connectivity index (χ0n) is 15.4. The van der Waals surface area contributed by atoms with E-state index in [4.69, 9.17) is 0 Å². The highest BCUT2D eigenvalue weighted by Gasteiger charge is 2.17. The number of halogens is 2. The van der Waals surface area contributed by atoms with Crippen molar-refractivity contribution in [1.82, 2.24) is 14.8 Å². The third kappa shape index (κ3) is 5.02. The van der Waals surface area contributed by atoms with Crippen LogP contribution in [0.4, 0.5) is 14.5 Å². The molecule has 3 aromatic rings. The minimum absolute atomic E-state index is 0.0120. The molecule has 1 heterocycles. The van der Waals surface area contributed by atoms with Crippen molar-refractivity contribution in [3.05, 3.63) is 48.5 Å². The van der Waals surface area contributed by atoms with Crippen LogP contribution in [0.3, 0.4) is 0 Å². The van der Waals surface area contributed by atoms with E-state index in [1.54, 1.807) is 34.9 Å². The van der Waals surface area contributed by atoms with Crippen LogP contribution < -0.4 is 10.1 Å². The third-order valence-electron chi connectivity index (χ3n) is 3.89. The van der Waals surface area contributed by atoms with E-state index < -0.39 is 12.5 Å². The summed E-state index contributed by atoms with van der Waals surface area (Å²) in [4.78, 5) is 12.3. The van der Waals surface area contributed by atoms with Crippen LogP contribution in [0, 0.1) is 0 Å². The molecule has 0 saturated heterocycles. The van der Waals surface area contributed by atoms with E-state index in [0.29, 0.717) is 23.1 Å². The van der Waals surface area contributed by atoms with Gasteiger partial charge in [0.1, 0.15) is 11.5 Å². The predicted octanol–water partition coefficient (Wildman–Crippen LogP) is 4.00. The summed E-state index contributed by atoms with van der Waals surface area (Å²) in [6, 6.07) is 12.7. The van der Waals surface area contributed by atoms with Gasteiger partial charge in [0.15, 0.2) is 11.0 Å². The topological polar surface area (TPSA) is 89.3 Å². The fourth-order valence-corrected chi connectivity index (χ4v) is 3.43. The number of anilines is 1. The fraction of sp³-hybridized carbons (Fsp3) is 0.211.